The first-order chi connectivity index (χ1) is 8.54. The van der Waals surface area contributed by atoms with Crippen molar-refractivity contribution in [1.82, 2.24) is 5.32 Å². The van der Waals surface area contributed by atoms with Crippen LogP contribution in [0.4, 0.5) is 18.9 Å². The number of carbonyl (C=O) groups excluding carboxylic acids is 1. The van der Waals surface area contributed by atoms with Crippen molar-refractivity contribution in [1.29, 1.82) is 0 Å². The number of carbonyl (C=O) groups is 1. The topological polar surface area (TPSA) is 44.7 Å². The van der Waals surface area contributed by atoms with E-state index in [1.54, 1.807) is 0 Å². The largest absolute Gasteiger partial charge is 0.315 e. The zero-order valence-corrected chi connectivity index (χ0v) is 9.51. The van der Waals surface area contributed by atoms with Gasteiger partial charge in [-0.1, -0.05) is 0 Å². The van der Waals surface area contributed by atoms with Crippen LogP contribution in [-0.4, -0.2) is 18.8 Å². The Balaban J connectivity index is 2.38. The van der Waals surface area contributed by atoms with Gasteiger partial charge in [0.25, 0.3) is 0 Å². The second-order valence-corrected chi connectivity index (χ2v) is 3.81. The zero-order chi connectivity index (χ0) is 13.3. The summed E-state index contributed by atoms with van der Waals surface area (Å²) in [7, 11) is 0. The molecule has 7 heteroatoms. The number of amides is 1. The number of nitrogens with one attached hydrogen (secondary N) is 1. The van der Waals surface area contributed by atoms with Gasteiger partial charge in [0, 0.05) is 24.6 Å². The highest BCUT2D eigenvalue weighted by atomic mass is 19.2. The lowest BCUT2D eigenvalue weighted by Crippen LogP contribution is -2.18. The monoisotopic (exact) mass is 257 g/mol. The van der Waals surface area contributed by atoms with E-state index in [1.807, 2.05) is 0 Å². The molecule has 0 saturated heterocycles. The fraction of sp³-hybridized carbons (Fsp3) is 0.273. The number of hydrogen-bond acceptors (Lipinski definition) is 3. The van der Waals surface area contributed by atoms with Crippen molar-refractivity contribution in [2.75, 3.05) is 11.6 Å². The third-order valence-corrected chi connectivity index (χ3v) is 2.66. The van der Waals surface area contributed by atoms with Gasteiger partial charge in [-0.2, -0.15) is 5.10 Å². The number of amidine groups is 1. The molecule has 0 bridgehead atoms. The fourth-order valence-electron chi connectivity index (χ4n) is 1.70. The maximum absolute atomic E-state index is 13.8. The third kappa shape index (κ3) is 2.03. The molecule has 0 atom stereocenters. The van der Waals surface area contributed by atoms with E-state index in [1.165, 1.54) is 5.01 Å². The molecule has 4 nitrogen and oxygen atoms in total. The van der Waals surface area contributed by atoms with E-state index in [-0.39, 0.29) is 12.2 Å². The minimum absolute atomic E-state index is 0.144. The Hall–Kier alpha value is -2.05. The van der Waals surface area contributed by atoms with Gasteiger partial charge in [0.2, 0.25) is 6.41 Å². The van der Waals surface area contributed by atoms with Gasteiger partial charge in [-0.05, 0) is 6.92 Å². The Morgan fingerprint density at radius 1 is 1.39 bits per heavy atom. The average molecular weight is 257 g/mol. The van der Waals surface area contributed by atoms with E-state index >= 15 is 0 Å². The molecule has 1 aliphatic heterocycles. The lowest BCUT2D eigenvalue weighted by atomic mass is 10.2. The molecule has 0 aliphatic carbocycles. The molecule has 1 amide bonds. The number of anilines is 1. The summed E-state index contributed by atoms with van der Waals surface area (Å²) >= 11 is 0. The maximum Gasteiger partial charge on any atom is 0.212 e. The van der Waals surface area contributed by atoms with E-state index in [0.717, 1.165) is 13.0 Å². The molecule has 0 radical (unpaired) electrons. The third-order valence-electron chi connectivity index (χ3n) is 2.66. The number of rotatable bonds is 2. The fourth-order valence-corrected chi connectivity index (χ4v) is 1.70. The molecular formula is C11H10F3N3O. The quantitative estimate of drug-likeness (QED) is 0.647. The van der Waals surface area contributed by atoms with Gasteiger partial charge in [-0.15, -0.1) is 0 Å². The highest BCUT2D eigenvalue weighted by Crippen LogP contribution is 2.28. The van der Waals surface area contributed by atoms with Crippen LogP contribution in [-0.2, 0) is 4.79 Å². The van der Waals surface area contributed by atoms with Crippen molar-refractivity contribution in [3.63, 3.8) is 0 Å². The first kappa shape index (κ1) is 12.4. The number of hydrogen-bond donors (Lipinski definition) is 1. The minimum Gasteiger partial charge on any atom is -0.315 e. The van der Waals surface area contributed by atoms with Crippen LogP contribution in [0, 0.1) is 24.4 Å². The summed E-state index contributed by atoms with van der Waals surface area (Å²) in [5.41, 5.74) is -0.536. The molecule has 1 aromatic carbocycles. The van der Waals surface area contributed by atoms with Crippen molar-refractivity contribution in [3.8, 4) is 0 Å². The summed E-state index contributed by atoms with van der Waals surface area (Å²) in [6.07, 6.45) is 0.853. The van der Waals surface area contributed by atoms with Crippen LogP contribution < -0.4 is 10.3 Å². The van der Waals surface area contributed by atoms with E-state index in [0.29, 0.717) is 18.7 Å². The van der Waals surface area contributed by atoms with Crippen LogP contribution in [0.2, 0.25) is 0 Å². The van der Waals surface area contributed by atoms with Gasteiger partial charge in [0.05, 0.1) is 5.69 Å². The van der Waals surface area contributed by atoms with Crippen molar-refractivity contribution in [3.05, 3.63) is 29.1 Å². The van der Waals surface area contributed by atoms with E-state index in [9.17, 15) is 18.0 Å². The summed E-state index contributed by atoms with van der Waals surface area (Å²) in [6.45, 7) is 1.44. The summed E-state index contributed by atoms with van der Waals surface area (Å²) in [5.74, 6) is -2.83. The summed E-state index contributed by atoms with van der Waals surface area (Å²) in [4.78, 5) is 10.2. The Morgan fingerprint density at radius 3 is 2.78 bits per heavy atom. The van der Waals surface area contributed by atoms with E-state index in [2.05, 4.69) is 10.4 Å². The van der Waals surface area contributed by atoms with Gasteiger partial charge < -0.3 is 5.32 Å². The molecule has 0 fully saturated rings. The number of halogens is 3. The van der Waals surface area contributed by atoms with Crippen molar-refractivity contribution >= 4 is 17.9 Å². The maximum atomic E-state index is 13.8. The number of benzene rings is 1. The SMILES string of the molecule is Cc1c(F)c(F)cc(N2CCC(NC=O)=N2)c1F. The molecule has 1 aliphatic rings. The normalized spacial score (nSPS) is 14.7. The molecule has 1 heterocycles. The van der Waals surface area contributed by atoms with Crippen molar-refractivity contribution < 1.29 is 18.0 Å². The summed E-state index contributed by atoms with van der Waals surface area (Å²) < 4.78 is 40.2. The summed E-state index contributed by atoms with van der Waals surface area (Å²) in [5, 5.41) is 7.43. The van der Waals surface area contributed by atoms with Gasteiger partial charge >= 0.3 is 0 Å². The standard InChI is InChI=1S/C11H10F3N3O/c1-6-10(13)7(12)4-8(11(6)14)17-3-2-9(16-17)15-5-18/h4-5H,2-3H2,1H3,(H,15,16,18). The first-order valence-corrected chi connectivity index (χ1v) is 5.24. The Kier molecular flexibility index (Phi) is 3.22. The minimum atomic E-state index is -1.20. The molecule has 1 aromatic rings. The van der Waals surface area contributed by atoms with Gasteiger partial charge in [-0.3, -0.25) is 9.80 Å². The molecule has 1 N–H and O–H groups in total. The van der Waals surface area contributed by atoms with Crippen LogP contribution >= 0.6 is 0 Å². The Bertz CT molecular complexity index is 531. The molecule has 0 aromatic heterocycles. The predicted octanol–water partition coefficient (Wildman–Crippen LogP) is 1.68. The predicted molar refractivity (Wildman–Crippen MR) is 59.7 cm³/mol. The molecule has 0 unspecified atom stereocenters. The number of nitrogens with zero attached hydrogens (tertiary/aromatic N) is 2. The second kappa shape index (κ2) is 4.67. The number of hydrazone groups is 1. The lowest BCUT2D eigenvalue weighted by Gasteiger charge is -2.16. The van der Waals surface area contributed by atoms with Crippen LogP contribution in [0.3, 0.4) is 0 Å². The molecule has 0 spiro atoms. The van der Waals surface area contributed by atoms with Crippen molar-refractivity contribution in [2.24, 2.45) is 5.10 Å². The first-order valence-electron chi connectivity index (χ1n) is 5.24. The van der Waals surface area contributed by atoms with E-state index in [4.69, 9.17) is 0 Å². The van der Waals surface area contributed by atoms with Gasteiger partial charge in [0.15, 0.2) is 17.5 Å². The summed E-state index contributed by atoms with van der Waals surface area (Å²) in [6, 6.07) is 0.755. The van der Waals surface area contributed by atoms with Gasteiger partial charge in [0.1, 0.15) is 5.84 Å². The molecule has 0 saturated carbocycles. The Labute approximate surface area is 101 Å². The van der Waals surface area contributed by atoms with Gasteiger partial charge in [-0.25, -0.2) is 13.2 Å². The van der Waals surface area contributed by atoms with Crippen LogP contribution in [0.25, 0.3) is 0 Å². The van der Waals surface area contributed by atoms with Crippen LogP contribution in [0.5, 0.6) is 0 Å². The molecule has 2 rings (SSSR count). The van der Waals surface area contributed by atoms with Crippen LogP contribution in [0.1, 0.15) is 12.0 Å². The highest BCUT2D eigenvalue weighted by molar-refractivity contribution is 5.93. The second-order valence-electron chi connectivity index (χ2n) is 3.81. The average Bonchev–Trinajstić information content (AvgIpc) is 2.80. The van der Waals surface area contributed by atoms with E-state index < -0.39 is 23.0 Å². The van der Waals surface area contributed by atoms with Crippen molar-refractivity contribution in [2.45, 2.75) is 13.3 Å². The lowest BCUT2D eigenvalue weighted by molar-refractivity contribution is -0.108. The molecular weight excluding hydrogens is 247 g/mol. The zero-order valence-electron chi connectivity index (χ0n) is 9.51. The highest BCUT2D eigenvalue weighted by Gasteiger charge is 2.23. The molecule has 96 valence electrons. The smallest absolute Gasteiger partial charge is 0.212 e. The Morgan fingerprint density at radius 2 is 2.11 bits per heavy atom. The van der Waals surface area contributed by atoms with Crippen LogP contribution in [0.15, 0.2) is 11.2 Å². The molecule has 18 heavy (non-hydrogen) atoms.